The number of hydrogen-bond acceptors (Lipinski definition) is 3. The van der Waals surface area contributed by atoms with Crippen molar-refractivity contribution >= 4 is 9.24 Å². The molecule has 4 heteroatoms. The Morgan fingerprint density at radius 1 is 1.20 bits per heavy atom. The Morgan fingerprint density at radius 3 is 2.65 bits per heavy atom. The van der Waals surface area contributed by atoms with Crippen molar-refractivity contribution < 1.29 is 4.74 Å². The van der Waals surface area contributed by atoms with Gasteiger partial charge in [0.15, 0.2) is 0 Å². The van der Waals surface area contributed by atoms with Gasteiger partial charge >= 0.3 is 0 Å². The van der Waals surface area contributed by atoms with Crippen LogP contribution >= 0.6 is 9.24 Å². The third-order valence-corrected chi connectivity index (χ3v) is 3.49. The molecular weight excluding hydrogens is 267 g/mol. The smallest absolute Gasteiger partial charge is 0.120 e. The van der Waals surface area contributed by atoms with Gasteiger partial charge in [-0.25, -0.2) is 0 Å². The Morgan fingerprint density at radius 2 is 1.95 bits per heavy atom. The van der Waals surface area contributed by atoms with E-state index in [4.69, 9.17) is 4.74 Å². The van der Waals surface area contributed by atoms with Crippen LogP contribution in [-0.2, 0) is 6.54 Å². The number of hydrogen-bond donors (Lipinski definition) is 1. The van der Waals surface area contributed by atoms with Crippen LogP contribution in [0.15, 0.2) is 48.8 Å². The first-order chi connectivity index (χ1) is 9.65. The molecule has 0 saturated heterocycles. The van der Waals surface area contributed by atoms with Crippen molar-refractivity contribution in [1.82, 2.24) is 10.3 Å². The number of aromatic nitrogens is 1. The van der Waals surface area contributed by atoms with Gasteiger partial charge in [0.2, 0.25) is 0 Å². The summed E-state index contributed by atoms with van der Waals surface area (Å²) in [6.45, 7) is 4.88. The molecule has 0 amide bonds. The summed E-state index contributed by atoms with van der Waals surface area (Å²) in [7, 11) is 2.83. The van der Waals surface area contributed by atoms with E-state index < -0.39 is 0 Å². The Balaban J connectivity index is 1.96. The minimum Gasteiger partial charge on any atom is -0.491 e. The van der Waals surface area contributed by atoms with Gasteiger partial charge < -0.3 is 10.1 Å². The fourth-order valence-corrected chi connectivity index (χ4v) is 2.22. The first-order valence-electron chi connectivity index (χ1n) is 6.79. The maximum atomic E-state index is 5.72. The molecule has 0 radical (unpaired) electrons. The molecular formula is C16H21N2OP. The average Bonchev–Trinajstić information content (AvgIpc) is 2.45. The molecule has 0 spiro atoms. The van der Waals surface area contributed by atoms with Crippen molar-refractivity contribution in [3.05, 3.63) is 59.9 Å². The molecule has 1 aromatic carbocycles. The predicted octanol–water partition coefficient (Wildman–Crippen LogP) is 3.53. The van der Waals surface area contributed by atoms with Crippen LogP contribution < -0.4 is 10.1 Å². The molecule has 3 nitrogen and oxygen atoms in total. The molecule has 0 aliphatic rings. The Kier molecular flexibility index (Phi) is 5.51. The highest BCUT2D eigenvalue weighted by Crippen LogP contribution is 2.24. The number of benzene rings is 1. The molecule has 1 N–H and O–H groups in total. The summed E-state index contributed by atoms with van der Waals surface area (Å²) in [4.78, 5) is 4.02. The molecule has 0 fully saturated rings. The third kappa shape index (κ3) is 4.59. The quantitative estimate of drug-likeness (QED) is 0.826. The lowest BCUT2D eigenvalue weighted by Gasteiger charge is -2.16. The zero-order chi connectivity index (χ0) is 14.4. The van der Waals surface area contributed by atoms with Gasteiger partial charge in [0.25, 0.3) is 0 Å². The Labute approximate surface area is 123 Å². The van der Waals surface area contributed by atoms with E-state index in [-0.39, 0.29) is 11.9 Å². The second-order valence-corrected chi connectivity index (χ2v) is 5.62. The van der Waals surface area contributed by atoms with Crippen LogP contribution in [0.4, 0.5) is 0 Å². The van der Waals surface area contributed by atoms with Crippen molar-refractivity contribution in [2.45, 2.75) is 32.3 Å². The lowest BCUT2D eigenvalue weighted by atomic mass is 10.2. The highest BCUT2D eigenvalue weighted by atomic mass is 31.0. The topological polar surface area (TPSA) is 34.1 Å². The van der Waals surface area contributed by atoms with Crippen LogP contribution in [0.5, 0.6) is 5.75 Å². The van der Waals surface area contributed by atoms with E-state index in [1.54, 1.807) is 0 Å². The summed E-state index contributed by atoms with van der Waals surface area (Å²) < 4.78 is 5.72. The first kappa shape index (κ1) is 15.0. The van der Waals surface area contributed by atoms with Crippen molar-refractivity contribution in [3.8, 4) is 5.75 Å². The summed E-state index contributed by atoms with van der Waals surface area (Å²) in [5, 5.41) is 3.48. The highest BCUT2D eigenvalue weighted by molar-refractivity contribution is 7.17. The zero-order valence-corrected chi connectivity index (χ0v) is 13.1. The predicted molar refractivity (Wildman–Crippen MR) is 85.7 cm³/mol. The second-order valence-electron chi connectivity index (χ2n) is 4.95. The summed E-state index contributed by atoms with van der Waals surface area (Å²) in [5.74, 6) is 1.11. The van der Waals surface area contributed by atoms with Crippen LogP contribution in [-0.4, -0.2) is 11.1 Å². The van der Waals surface area contributed by atoms with Crippen LogP contribution in [0.25, 0.3) is 0 Å². The van der Waals surface area contributed by atoms with E-state index in [1.165, 1.54) is 11.1 Å². The van der Waals surface area contributed by atoms with E-state index >= 15 is 0 Å². The van der Waals surface area contributed by atoms with E-state index in [2.05, 4.69) is 31.7 Å². The van der Waals surface area contributed by atoms with E-state index in [0.717, 1.165) is 12.3 Å². The normalized spacial score (nSPS) is 12.4. The molecule has 2 unspecified atom stereocenters. The van der Waals surface area contributed by atoms with Crippen molar-refractivity contribution in [1.29, 1.82) is 0 Å². The number of ether oxygens (including phenoxy) is 1. The molecule has 0 aliphatic carbocycles. The maximum Gasteiger partial charge on any atom is 0.120 e. The van der Waals surface area contributed by atoms with Gasteiger partial charge in [-0.3, -0.25) is 4.98 Å². The molecule has 2 rings (SSSR count). The molecule has 0 bridgehead atoms. The Hall–Kier alpha value is -1.44. The molecule has 0 aliphatic heterocycles. The summed E-state index contributed by atoms with van der Waals surface area (Å²) in [5.41, 5.74) is 2.42. The van der Waals surface area contributed by atoms with Crippen molar-refractivity contribution in [2.75, 3.05) is 0 Å². The van der Waals surface area contributed by atoms with Crippen molar-refractivity contribution in [2.24, 2.45) is 0 Å². The van der Waals surface area contributed by atoms with Crippen LogP contribution in [0.1, 0.15) is 30.8 Å². The first-order valence-corrected chi connectivity index (χ1v) is 7.46. The van der Waals surface area contributed by atoms with E-state index in [9.17, 15) is 0 Å². The molecule has 0 saturated carbocycles. The molecule has 2 atom stereocenters. The fraction of sp³-hybridized carbons (Fsp3) is 0.312. The minimum atomic E-state index is 0.193. The van der Waals surface area contributed by atoms with Gasteiger partial charge in [-0.1, -0.05) is 12.1 Å². The van der Waals surface area contributed by atoms with Crippen LogP contribution in [0, 0.1) is 0 Å². The molecule has 2 aromatic rings. The lowest BCUT2D eigenvalue weighted by molar-refractivity contribution is 0.242. The summed E-state index contributed by atoms with van der Waals surface area (Å²) in [6, 6.07) is 12.2. The fourth-order valence-electron chi connectivity index (χ4n) is 1.90. The SMILES string of the molecule is CC(C)Oc1cccc(C(P)NCc2ccncc2)c1. The van der Waals surface area contributed by atoms with Crippen LogP contribution in [0.2, 0.25) is 0 Å². The zero-order valence-electron chi connectivity index (χ0n) is 11.9. The standard InChI is InChI=1S/C16H21N2OP/c1-12(2)19-15-5-3-4-14(10-15)16(20)18-11-13-6-8-17-9-7-13/h3-10,12,16,18H,11,20H2,1-2H3. The van der Waals surface area contributed by atoms with Gasteiger partial charge in [0.05, 0.1) is 6.10 Å². The molecule has 1 aromatic heterocycles. The maximum absolute atomic E-state index is 5.72. The monoisotopic (exact) mass is 288 g/mol. The van der Waals surface area contributed by atoms with Gasteiger partial charge in [0.1, 0.15) is 5.75 Å². The molecule has 1 heterocycles. The summed E-state index contributed by atoms with van der Waals surface area (Å²) >= 11 is 0. The second kappa shape index (κ2) is 7.37. The van der Waals surface area contributed by atoms with Crippen molar-refractivity contribution in [3.63, 3.8) is 0 Å². The highest BCUT2D eigenvalue weighted by Gasteiger charge is 2.07. The number of pyridine rings is 1. The third-order valence-electron chi connectivity index (χ3n) is 2.86. The molecule has 20 heavy (non-hydrogen) atoms. The van der Waals surface area contributed by atoms with Crippen LogP contribution in [0.3, 0.4) is 0 Å². The van der Waals surface area contributed by atoms with Gasteiger partial charge in [0, 0.05) is 24.7 Å². The number of nitrogens with zero attached hydrogens (tertiary/aromatic N) is 1. The number of rotatable bonds is 6. The average molecular weight is 288 g/mol. The van der Waals surface area contributed by atoms with Gasteiger partial charge in [-0.05, 0) is 49.2 Å². The van der Waals surface area contributed by atoms with E-state index in [0.29, 0.717) is 0 Å². The molecule has 106 valence electrons. The van der Waals surface area contributed by atoms with Gasteiger partial charge in [-0.2, -0.15) is 0 Å². The minimum absolute atomic E-state index is 0.193. The van der Waals surface area contributed by atoms with E-state index in [1.807, 2.05) is 50.5 Å². The van der Waals surface area contributed by atoms with Gasteiger partial charge in [-0.15, -0.1) is 9.24 Å². The Bertz CT molecular complexity index is 531. The lowest BCUT2D eigenvalue weighted by Crippen LogP contribution is -2.16. The largest absolute Gasteiger partial charge is 0.491 e. The number of nitrogens with one attached hydrogen (secondary N) is 1. The summed E-state index contributed by atoms with van der Waals surface area (Å²) in [6.07, 6.45) is 3.82.